The van der Waals surface area contributed by atoms with Crippen LogP contribution < -0.4 is 10.6 Å². The summed E-state index contributed by atoms with van der Waals surface area (Å²) in [5, 5.41) is 6.81. The number of anilines is 1. The van der Waals surface area contributed by atoms with Crippen LogP contribution in [0.2, 0.25) is 0 Å². The topological polar surface area (TPSA) is 49.8 Å². The molecule has 0 saturated heterocycles. The molecular weight excluding hydrogens is 323 g/mol. The first-order valence-corrected chi connectivity index (χ1v) is 8.67. The zero-order valence-electron chi connectivity index (χ0n) is 13.5. The number of nitrogens with one attached hydrogen (secondary N) is 2. The number of aromatic nitrogens is 2. The maximum absolute atomic E-state index is 13.3. The standard InChI is InChI=1S/C18H21FN4S/c19-15-7-5-14(6-8-15)18(9-2-1-3-10-18)13-22-17(24)23-16-20-11-4-12-21-16/h4-8,11-12H,1-3,9-10,13H2,(H2,20,21,22,23,24). The summed E-state index contributed by atoms with van der Waals surface area (Å²) in [6, 6.07) is 8.64. The summed E-state index contributed by atoms with van der Waals surface area (Å²) in [7, 11) is 0. The van der Waals surface area contributed by atoms with E-state index >= 15 is 0 Å². The lowest BCUT2D eigenvalue weighted by molar-refractivity contribution is 0.292. The van der Waals surface area contributed by atoms with Gasteiger partial charge in [0.05, 0.1) is 0 Å². The highest BCUT2D eigenvalue weighted by molar-refractivity contribution is 7.80. The summed E-state index contributed by atoms with van der Waals surface area (Å²) in [5.41, 5.74) is 1.17. The molecule has 1 aromatic carbocycles. The first kappa shape index (κ1) is 16.8. The molecule has 3 rings (SSSR count). The van der Waals surface area contributed by atoms with Crippen LogP contribution in [0.5, 0.6) is 0 Å². The van der Waals surface area contributed by atoms with Crippen molar-refractivity contribution in [3.8, 4) is 0 Å². The molecule has 6 heteroatoms. The molecule has 126 valence electrons. The summed E-state index contributed by atoms with van der Waals surface area (Å²) < 4.78 is 13.3. The van der Waals surface area contributed by atoms with Crippen molar-refractivity contribution in [2.75, 3.05) is 11.9 Å². The van der Waals surface area contributed by atoms with Gasteiger partial charge in [0, 0.05) is 24.4 Å². The van der Waals surface area contributed by atoms with Gasteiger partial charge in [0.15, 0.2) is 5.11 Å². The van der Waals surface area contributed by atoms with Crippen molar-refractivity contribution in [3.05, 3.63) is 54.1 Å². The molecule has 1 aromatic heterocycles. The van der Waals surface area contributed by atoms with Crippen LogP contribution in [-0.4, -0.2) is 21.6 Å². The average Bonchev–Trinajstić information content (AvgIpc) is 2.62. The van der Waals surface area contributed by atoms with E-state index in [2.05, 4.69) is 20.6 Å². The molecule has 0 atom stereocenters. The number of thiocarbonyl (C=S) groups is 1. The lowest BCUT2D eigenvalue weighted by Crippen LogP contribution is -2.43. The Morgan fingerprint density at radius 3 is 2.42 bits per heavy atom. The molecule has 0 spiro atoms. The fourth-order valence-electron chi connectivity index (χ4n) is 3.36. The second-order valence-electron chi connectivity index (χ2n) is 6.23. The van der Waals surface area contributed by atoms with E-state index in [0.717, 1.165) is 19.4 Å². The Hall–Kier alpha value is -2.08. The van der Waals surface area contributed by atoms with E-state index in [-0.39, 0.29) is 11.2 Å². The average molecular weight is 344 g/mol. The minimum absolute atomic E-state index is 0.00473. The van der Waals surface area contributed by atoms with Crippen LogP contribution in [0.25, 0.3) is 0 Å². The van der Waals surface area contributed by atoms with Crippen molar-refractivity contribution >= 4 is 23.3 Å². The molecule has 2 aromatic rings. The summed E-state index contributed by atoms with van der Waals surface area (Å²) in [4.78, 5) is 8.21. The first-order chi connectivity index (χ1) is 11.7. The Balaban J connectivity index is 1.68. The van der Waals surface area contributed by atoms with E-state index in [4.69, 9.17) is 12.2 Å². The third-order valence-corrected chi connectivity index (χ3v) is 4.89. The zero-order chi connectivity index (χ0) is 16.8. The predicted octanol–water partition coefficient (Wildman–Crippen LogP) is 3.80. The van der Waals surface area contributed by atoms with Gasteiger partial charge >= 0.3 is 0 Å². The fraction of sp³-hybridized carbons (Fsp3) is 0.389. The van der Waals surface area contributed by atoms with Crippen LogP contribution in [0.1, 0.15) is 37.7 Å². The Bertz CT molecular complexity index is 669. The number of halogens is 1. The minimum atomic E-state index is -0.198. The Morgan fingerprint density at radius 2 is 1.75 bits per heavy atom. The summed E-state index contributed by atoms with van der Waals surface area (Å²) in [6.45, 7) is 0.720. The minimum Gasteiger partial charge on any atom is -0.361 e. The van der Waals surface area contributed by atoms with Crippen LogP contribution in [0.3, 0.4) is 0 Å². The maximum atomic E-state index is 13.3. The highest BCUT2D eigenvalue weighted by Crippen LogP contribution is 2.39. The van der Waals surface area contributed by atoms with Crippen molar-refractivity contribution in [2.45, 2.75) is 37.5 Å². The normalized spacial score (nSPS) is 16.4. The molecule has 0 aliphatic heterocycles. The summed E-state index contributed by atoms with van der Waals surface area (Å²) >= 11 is 5.36. The molecule has 0 amide bonds. The van der Waals surface area contributed by atoms with Gasteiger partial charge in [-0.05, 0) is 48.8 Å². The Labute approximate surface area is 146 Å². The van der Waals surface area contributed by atoms with Crippen LogP contribution in [-0.2, 0) is 5.41 Å². The SMILES string of the molecule is Fc1ccc(C2(CNC(=S)Nc3ncccn3)CCCCC2)cc1. The van der Waals surface area contributed by atoms with E-state index < -0.39 is 0 Å². The monoisotopic (exact) mass is 344 g/mol. The van der Waals surface area contributed by atoms with Crippen LogP contribution in [0.4, 0.5) is 10.3 Å². The van der Waals surface area contributed by atoms with Crippen molar-refractivity contribution in [2.24, 2.45) is 0 Å². The number of nitrogens with zero attached hydrogens (tertiary/aromatic N) is 2. The number of benzene rings is 1. The lowest BCUT2D eigenvalue weighted by atomic mass is 9.69. The smallest absolute Gasteiger partial charge is 0.228 e. The molecule has 1 saturated carbocycles. The Morgan fingerprint density at radius 1 is 1.08 bits per heavy atom. The van der Waals surface area contributed by atoms with E-state index in [1.165, 1.54) is 24.8 Å². The lowest BCUT2D eigenvalue weighted by Gasteiger charge is -2.38. The molecule has 0 radical (unpaired) electrons. The van der Waals surface area contributed by atoms with Crippen LogP contribution >= 0.6 is 12.2 Å². The van der Waals surface area contributed by atoms with Gasteiger partial charge < -0.3 is 10.6 Å². The van der Waals surface area contributed by atoms with Crippen molar-refractivity contribution in [1.82, 2.24) is 15.3 Å². The second-order valence-corrected chi connectivity index (χ2v) is 6.64. The molecule has 1 aliphatic rings. The summed E-state index contributed by atoms with van der Waals surface area (Å²) in [6.07, 6.45) is 9.11. The van der Waals surface area contributed by atoms with Gasteiger partial charge in [-0.2, -0.15) is 0 Å². The van der Waals surface area contributed by atoms with Gasteiger partial charge in [0.1, 0.15) is 5.82 Å². The molecule has 2 N–H and O–H groups in total. The first-order valence-electron chi connectivity index (χ1n) is 8.26. The number of hydrogen-bond donors (Lipinski definition) is 2. The predicted molar refractivity (Wildman–Crippen MR) is 97.4 cm³/mol. The molecule has 24 heavy (non-hydrogen) atoms. The quantitative estimate of drug-likeness (QED) is 0.826. The van der Waals surface area contributed by atoms with Gasteiger partial charge in [-0.1, -0.05) is 31.4 Å². The molecule has 1 aliphatic carbocycles. The van der Waals surface area contributed by atoms with E-state index in [9.17, 15) is 4.39 Å². The van der Waals surface area contributed by atoms with Crippen molar-refractivity contribution in [1.29, 1.82) is 0 Å². The third kappa shape index (κ3) is 4.06. The molecule has 0 bridgehead atoms. The molecular formula is C18H21FN4S. The largest absolute Gasteiger partial charge is 0.361 e. The molecule has 4 nitrogen and oxygen atoms in total. The second kappa shape index (κ2) is 7.66. The van der Waals surface area contributed by atoms with Gasteiger partial charge in [-0.3, -0.25) is 0 Å². The molecule has 1 heterocycles. The highest BCUT2D eigenvalue weighted by Gasteiger charge is 2.34. The van der Waals surface area contributed by atoms with E-state index in [1.54, 1.807) is 30.6 Å². The number of hydrogen-bond acceptors (Lipinski definition) is 3. The third-order valence-electron chi connectivity index (χ3n) is 4.65. The van der Waals surface area contributed by atoms with E-state index in [0.29, 0.717) is 11.1 Å². The van der Waals surface area contributed by atoms with Crippen molar-refractivity contribution in [3.63, 3.8) is 0 Å². The molecule has 0 unspecified atom stereocenters. The van der Waals surface area contributed by atoms with Gasteiger partial charge in [0.2, 0.25) is 5.95 Å². The fourth-order valence-corrected chi connectivity index (χ4v) is 3.52. The zero-order valence-corrected chi connectivity index (χ0v) is 14.3. The highest BCUT2D eigenvalue weighted by atomic mass is 32.1. The van der Waals surface area contributed by atoms with E-state index in [1.807, 2.05) is 12.1 Å². The number of rotatable bonds is 4. The van der Waals surface area contributed by atoms with Gasteiger partial charge in [-0.25, -0.2) is 14.4 Å². The Kier molecular flexibility index (Phi) is 5.35. The van der Waals surface area contributed by atoms with Gasteiger partial charge in [0.25, 0.3) is 0 Å². The van der Waals surface area contributed by atoms with Crippen LogP contribution in [0, 0.1) is 5.82 Å². The van der Waals surface area contributed by atoms with Crippen molar-refractivity contribution < 1.29 is 4.39 Å². The maximum Gasteiger partial charge on any atom is 0.228 e. The van der Waals surface area contributed by atoms with Gasteiger partial charge in [-0.15, -0.1) is 0 Å². The van der Waals surface area contributed by atoms with Crippen LogP contribution in [0.15, 0.2) is 42.7 Å². The molecule has 1 fully saturated rings. The summed E-state index contributed by atoms with van der Waals surface area (Å²) in [5.74, 6) is 0.283.